The molecule has 0 radical (unpaired) electrons. The molecule has 0 aliphatic carbocycles. The summed E-state index contributed by atoms with van der Waals surface area (Å²) >= 11 is 0. The molecule has 2 aliphatic heterocycles. The first-order chi connectivity index (χ1) is 15.0. The highest BCUT2D eigenvalue weighted by atomic mass is 19.1. The number of halogens is 1. The van der Waals surface area contributed by atoms with E-state index in [2.05, 4.69) is 34.6 Å². The molecule has 31 heavy (non-hydrogen) atoms. The van der Waals surface area contributed by atoms with Crippen LogP contribution in [0.25, 0.3) is 5.57 Å². The normalized spacial score (nSPS) is 17.4. The van der Waals surface area contributed by atoms with Crippen LogP contribution in [0.4, 0.5) is 15.8 Å². The van der Waals surface area contributed by atoms with Crippen molar-refractivity contribution in [3.63, 3.8) is 0 Å². The van der Waals surface area contributed by atoms with E-state index in [0.29, 0.717) is 16.9 Å². The fourth-order valence-corrected chi connectivity index (χ4v) is 4.32. The maximum absolute atomic E-state index is 14.7. The number of rotatable bonds is 5. The maximum Gasteiger partial charge on any atom is 0.255 e. The summed E-state index contributed by atoms with van der Waals surface area (Å²) in [5.41, 5.74) is 5.11. The van der Waals surface area contributed by atoms with Crippen molar-refractivity contribution in [2.45, 2.75) is 20.3 Å². The van der Waals surface area contributed by atoms with Crippen LogP contribution >= 0.6 is 0 Å². The molecule has 1 fully saturated rings. The van der Waals surface area contributed by atoms with Crippen molar-refractivity contribution in [1.82, 2.24) is 10.2 Å². The lowest BCUT2D eigenvalue weighted by atomic mass is 9.95. The molecule has 1 amide bonds. The summed E-state index contributed by atoms with van der Waals surface area (Å²) in [5, 5.41) is 6.12. The molecule has 0 aromatic heterocycles. The molecule has 0 saturated carbocycles. The third-order valence-corrected chi connectivity index (χ3v) is 6.25. The quantitative estimate of drug-likeness (QED) is 0.767. The van der Waals surface area contributed by atoms with Crippen molar-refractivity contribution < 1.29 is 9.18 Å². The molecule has 0 unspecified atom stereocenters. The molecule has 2 aromatic rings. The van der Waals surface area contributed by atoms with Crippen molar-refractivity contribution in [2.24, 2.45) is 0 Å². The number of benzene rings is 2. The van der Waals surface area contributed by atoms with E-state index in [1.807, 2.05) is 24.0 Å². The molecule has 2 N–H and O–H groups in total. The molecule has 1 saturated heterocycles. The predicted molar refractivity (Wildman–Crippen MR) is 125 cm³/mol. The van der Waals surface area contributed by atoms with Gasteiger partial charge in [-0.3, -0.25) is 9.69 Å². The number of hydrogen-bond donors (Lipinski definition) is 2. The monoisotopic (exact) mass is 422 g/mol. The van der Waals surface area contributed by atoms with Crippen molar-refractivity contribution >= 4 is 22.9 Å². The minimum Gasteiger partial charge on any atom is -0.367 e. The van der Waals surface area contributed by atoms with Crippen LogP contribution < -0.4 is 15.5 Å². The van der Waals surface area contributed by atoms with Crippen LogP contribution in [-0.2, 0) is 0 Å². The first-order valence-electron chi connectivity index (χ1n) is 11.1. The number of nitrogens with zero attached hydrogens (tertiary/aromatic N) is 2. The number of amides is 1. The van der Waals surface area contributed by atoms with Gasteiger partial charge in [0.25, 0.3) is 5.91 Å². The molecule has 0 atom stereocenters. The molecule has 2 heterocycles. The van der Waals surface area contributed by atoms with Gasteiger partial charge in [-0.2, -0.15) is 0 Å². The van der Waals surface area contributed by atoms with Gasteiger partial charge in [0, 0.05) is 50.5 Å². The van der Waals surface area contributed by atoms with E-state index in [1.54, 1.807) is 12.1 Å². The van der Waals surface area contributed by atoms with E-state index in [4.69, 9.17) is 0 Å². The summed E-state index contributed by atoms with van der Waals surface area (Å²) < 4.78 is 14.7. The molecule has 5 nitrogen and oxygen atoms in total. The lowest BCUT2D eigenvalue weighted by Gasteiger charge is -2.29. The van der Waals surface area contributed by atoms with Crippen LogP contribution in [0.15, 0.2) is 42.5 Å². The summed E-state index contributed by atoms with van der Waals surface area (Å²) in [5.74, 6) is -0.523. The van der Waals surface area contributed by atoms with Gasteiger partial charge >= 0.3 is 0 Å². The number of aryl methyl sites for hydroxylation is 1. The van der Waals surface area contributed by atoms with E-state index in [1.165, 1.54) is 17.2 Å². The Hall–Kier alpha value is -2.70. The van der Waals surface area contributed by atoms with Crippen LogP contribution in [0.5, 0.6) is 0 Å². The second-order valence-electron chi connectivity index (χ2n) is 8.26. The minimum absolute atomic E-state index is 0.215. The summed E-state index contributed by atoms with van der Waals surface area (Å²) in [6.07, 6.45) is 3.31. The fraction of sp³-hybridized carbons (Fsp3) is 0.400. The van der Waals surface area contributed by atoms with Gasteiger partial charge < -0.3 is 15.5 Å². The number of anilines is 2. The van der Waals surface area contributed by atoms with Crippen LogP contribution in [-0.4, -0.2) is 56.6 Å². The average Bonchev–Trinajstić information content (AvgIpc) is 2.79. The van der Waals surface area contributed by atoms with Crippen LogP contribution in [0.1, 0.15) is 34.8 Å². The van der Waals surface area contributed by atoms with E-state index in [-0.39, 0.29) is 11.7 Å². The van der Waals surface area contributed by atoms with Crippen molar-refractivity contribution in [3.8, 4) is 0 Å². The SMILES string of the molecule is CCN1CC=C(c2ccc(C(=O)Nc3ccc(N4CCNCC4)c(F)c3)c(C)c2)CC1. The van der Waals surface area contributed by atoms with Gasteiger partial charge in [0.05, 0.1) is 5.69 Å². The smallest absolute Gasteiger partial charge is 0.255 e. The zero-order chi connectivity index (χ0) is 21.8. The lowest BCUT2D eigenvalue weighted by Crippen LogP contribution is -2.43. The Morgan fingerprint density at radius 2 is 1.94 bits per heavy atom. The molecule has 2 aliphatic rings. The summed E-state index contributed by atoms with van der Waals surface area (Å²) in [4.78, 5) is 17.3. The molecule has 0 bridgehead atoms. The second kappa shape index (κ2) is 9.62. The van der Waals surface area contributed by atoms with E-state index in [0.717, 1.165) is 57.8 Å². The Kier molecular flexibility index (Phi) is 6.68. The first-order valence-corrected chi connectivity index (χ1v) is 11.1. The van der Waals surface area contributed by atoms with Gasteiger partial charge in [-0.1, -0.05) is 25.1 Å². The molecule has 6 heteroatoms. The number of likely N-dealkylation sites (N-methyl/N-ethyl adjacent to an activating group) is 1. The third kappa shape index (κ3) is 4.97. The highest BCUT2D eigenvalue weighted by molar-refractivity contribution is 6.05. The Morgan fingerprint density at radius 1 is 1.13 bits per heavy atom. The maximum atomic E-state index is 14.7. The first kappa shape index (κ1) is 21.5. The van der Waals surface area contributed by atoms with Crippen molar-refractivity contribution in [1.29, 1.82) is 0 Å². The minimum atomic E-state index is -0.308. The molecule has 4 rings (SSSR count). The van der Waals surface area contributed by atoms with Gasteiger partial charge in [0.2, 0.25) is 0 Å². The summed E-state index contributed by atoms with van der Waals surface area (Å²) in [7, 11) is 0. The van der Waals surface area contributed by atoms with Gasteiger partial charge in [0.15, 0.2) is 0 Å². The van der Waals surface area contributed by atoms with Crippen LogP contribution in [0, 0.1) is 12.7 Å². The largest absolute Gasteiger partial charge is 0.367 e. The zero-order valence-electron chi connectivity index (χ0n) is 18.4. The predicted octanol–water partition coefficient (Wildman–Crippen LogP) is 3.91. The van der Waals surface area contributed by atoms with Crippen LogP contribution in [0.2, 0.25) is 0 Å². The highest BCUT2D eigenvalue weighted by Gasteiger charge is 2.17. The standard InChI is InChI=1S/C25H31FN4O/c1-3-29-12-8-19(9-13-29)20-4-6-22(18(2)16-20)25(31)28-21-5-7-24(23(26)17-21)30-14-10-27-11-15-30/h4-8,16-17,27H,3,9-15H2,1-2H3,(H,28,31). The van der Waals surface area contributed by atoms with Gasteiger partial charge in [-0.25, -0.2) is 4.39 Å². The van der Waals surface area contributed by atoms with Crippen LogP contribution in [0.3, 0.4) is 0 Å². The topological polar surface area (TPSA) is 47.6 Å². The number of piperazine rings is 1. The molecule has 164 valence electrons. The summed E-state index contributed by atoms with van der Waals surface area (Å²) in [6.45, 7) is 10.5. The Balaban J connectivity index is 1.45. The van der Waals surface area contributed by atoms with E-state index >= 15 is 0 Å². The molecular weight excluding hydrogens is 391 g/mol. The molecular formula is C25H31FN4O. The Bertz CT molecular complexity index is 981. The number of carbonyl (C=O) groups is 1. The number of carbonyl (C=O) groups excluding carboxylic acids is 1. The average molecular weight is 423 g/mol. The lowest BCUT2D eigenvalue weighted by molar-refractivity contribution is 0.102. The Labute approximate surface area is 183 Å². The van der Waals surface area contributed by atoms with Crippen molar-refractivity contribution in [2.75, 3.05) is 56.0 Å². The Morgan fingerprint density at radius 3 is 2.58 bits per heavy atom. The van der Waals surface area contributed by atoms with E-state index < -0.39 is 0 Å². The zero-order valence-corrected chi connectivity index (χ0v) is 18.4. The van der Waals surface area contributed by atoms with Gasteiger partial charge in [-0.05, 0) is 60.9 Å². The molecule has 2 aromatic carbocycles. The fourth-order valence-electron chi connectivity index (χ4n) is 4.32. The highest BCUT2D eigenvalue weighted by Crippen LogP contribution is 2.26. The van der Waals surface area contributed by atoms with Gasteiger partial charge in [0.1, 0.15) is 5.82 Å². The summed E-state index contributed by atoms with van der Waals surface area (Å²) in [6, 6.07) is 10.9. The third-order valence-electron chi connectivity index (χ3n) is 6.25. The molecule has 0 spiro atoms. The number of hydrogen-bond acceptors (Lipinski definition) is 4. The van der Waals surface area contributed by atoms with E-state index in [9.17, 15) is 9.18 Å². The van der Waals surface area contributed by atoms with Crippen molar-refractivity contribution in [3.05, 3.63) is 65.0 Å². The van der Waals surface area contributed by atoms with Gasteiger partial charge in [-0.15, -0.1) is 0 Å². The second-order valence-corrected chi connectivity index (χ2v) is 8.26. The number of nitrogens with one attached hydrogen (secondary N) is 2.